The first-order valence-electron chi connectivity index (χ1n) is 38.8. The van der Waals surface area contributed by atoms with Gasteiger partial charge in [0.1, 0.15) is 22.9 Å². The van der Waals surface area contributed by atoms with Crippen LogP contribution in [0.2, 0.25) is 10.0 Å². The second-order valence-corrected chi connectivity index (χ2v) is 41.1. The molecule has 9 aromatic carbocycles. The number of rotatable bonds is 31. The van der Waals surface area contributed by atoms with Crippen molar-refractivity contribution in [2.75, 3.05) is 67.1 Å². The number of allylic oxidation sites excluding steroid dienone is 5. The van der Waals surface area contributed by atoms with E-state index in [0.717, 1.165) is 148 Å². The summed E-state index contributed by atoms with van der Waals surface area (Å²) in [5.74, 6) is -1.22. The number of anilines is 3. The molecule has 0 fully saturated rings. The smallest absolute Gasteiger partial charge is 1.00 e. The molecule has 0 spiro atoms. The third-order valence-corrected chi connectivity index (χ3v) is 28.0. The number of nitrogens with one attached hydrogen (secondary N) is 1. The minimum Gasteiger partial charge on any atom is -1.00 e. The van der Waals surface area contributed by atoms with Crippen molar-refractivity contribution in [3.8, 4) is 0 Å². The maximum absolute atomic E-state index is 12.4. The Hall–Kier alpha value is -7.56. The van der Waals surface area contributed by atoms with Crippen LogP contribution in [-0.4, -0.2) is 209 Å². The van der Waals surface area contributed by atoms with Crippen molar-refractivity contribution in [3.63, 3.8) is 0 Å². The number of carbonyl (C=O) groups excluding carboxylic acids is 3. The Labute approximate surface area is 872 Å². The molecule has 1 atom stereocenters. The molecule has 16 N–H and O–H groups in total. The van der Waals surface area contributed by atoms with Crippen LogP contribution in [0.1, 0.15) is 143 Å². The third kappa shape index (κ3) is 36.8. The Balaban J connectivity index is -0.00000168. The quantitative estimate of drug-likeness (QED) is 0.00553. The Bertz CT molecular complexity index is 6930. The fraction of sp³-hybridized carbons (Fsp3) is 0.226. The summed E-state index contributed by atoms with van der Waals surface area (Å²) in [5.41, 5.74) is 11.5. The van der Waals surface area contributed by atoms with Gasteiger partial charge in [-0.1, -0.05) is 77.8 Å². The van der Waals surface area contributed by atoms with Crippen molar-refractivity contribution in [1.29, 1.82) is 5.41 Å². The second kappa shape index (κ2) is 55.0. The molecule has 728 valence electrons. The van der Waals surface area contributed by atoms with Gasteiger partial charge in [0.25, 0.3) is 91.1 Å². The first-order chi connectivity index (χ1) is 61.3. The van der Waals surface area contributed by atoms with Gasteiger partial charge in [0.05, 0.1) is 56.3 Å². The summed E-state index contributed by atoms with van der Waals surface area (Å²) in [5, 5.41) is 17.4. The Morgan fingerprint density at radius 1 is 0.382 bits per heavy atom. The van der Waals surface area contributed by atoms with E-state index in [4.69, 9.17) is 57.1 Å². The Morgan fingerprint density at radius 2 is 0.691 bits per heavy atom. The first kappa shape index (κ1) is 126. The molecular weight excluding hydrogens is 2030 g/mol. The predicted octanol–water partition coefficient (Wildman–Crippen LogP) is 4.10. The topological polar surface area (TPSA) is 658 Å². The largest absolute Gasteiger partial charge is 1.00 e. The van der Waals surface area contributed by atoms with Gasteiger partial charge in [0.15, 0.2) is 24.6 Å². The summed E-state index contributed by atoms with van der Waals surface area (Å²) in [6.07, 6.45) is 6.57. The molecular formula is C84H101Cl2N7Na3O31S9+. The number of benzene rings is 9. The number of nitrogens with two attached hydrogens (primary N) is 1. The maximum Gasteiger partial charge on any atom is 1.00 e. The molecule has 0 bridgehead atoms. The van der Waals surface area contributed by atoms with Crippen LogP contribution in [0.4, 0.5) is 17.1 Å². The van der Waals surface area contributed by atoms with Crippen molar-refractivity contribution in [1.82, 2.24) is 6.15 Å². The van der Waals surface area contributed by atoms with Gasteiger partial charge in [-0.25, -0.2) is 4.58 Å². The summed E-state index contributed by atoms with van der Waals surface area (Å²) in [6, 6.07) is 43.3. The van der Waals surface area contributed by atoms with E-state index in [1.54, 1.807) is 24.3 Å². The van der Waals surface area contributed by atoms with E-state index in [9.17, 15) is 113 Å². The van der Waals surface area contributed by atoms with Gasteiger partial charge in [-0.2, -0.15) is 75.8 Å². The zero-order chi connectivity index (χ0) is 99.8. The number of amidine groups is 1. The standard InChI is InChI=1S/C27H34N2O6S2.C27H32N2O6S2.C9H12N2O7S2.C7H5ClO4S.C7H5ClO.C7H6O7S2.H3N.3Na.3H/c2*1-5-28(6-2)22-13-9-20(10-14-22)27(21-11-15-23(16-12-21)29(7-3)8-4)25-19-24(36(30,31)32)17-18-26(25)37(33,34)35;10-9(11)4-7(12)6-3-5(19(13,14)15)1-2-8(6)20(16,17)18;8-7-2-1-6(13(10,11)12)3-5(7)4-9;8-7-4-2-1-3-6(7)5-9;8-4-5-3-6(15(9,10)11)1-2-7(5)16(12,13)14;;;;;;;/h9-19,27H,5-8H2,1-4H3,(H,30,31,32)(H,33,34,35);9-19H,5-8H2,1-4H3,(H-,30,31,32,33,34,35);1-3,7,12H,4H2,(H3,10,11)(H,13,14,15)(H,16,17,18);1-4H,(H,10,11,12);1-5H;1-4H,(H,9,10,11)(H,12,13,14);1H3;;;;;;/q;;;;;;;3*+1;3*-1/p+1. The van der Waals surface area contributed by atoms with Crippen molar-refractivity contribution in [2.24, 2.45) is 5.73 Å². The van der Waals surface area contributed by atoms with Crippen LogP contribution in [0, 0.1) is 5.41 Å². The summed E-state index contributed by atoms with van der Waals surface area (Å²) >= 11 is 11.1. The normalized spacial score (nSPS) is 12.2. The van der Waals surface area contributed by atoms with Gasteiger partial charge in [0.2, 0.25) is 0 Å². The van der Waals surface area contributed by atoms with Crippen molar-refractivity contribution in [3.05, 3.63) is 278 Å². The van der Waals surface area contributed by atoms with Crippen molar-refractivity contribution < 1.29 is 234 Å². The van der Waals surface area contributed by atoms with Crippen LogP contribution in [-0.2, 0) is 91.1 Å². The van der Waals surface area contributed by atoms with E-state index in [2.05, 4.69) is 47.0 Å². The van der Waals surface area contributed by atoms with E-state index in [1.165, 1.54) is 6.07 Å². The van der Waals surface area contributed by atoms with E-state index in [0.29, 0.717) is 62.9 Å². The maximum atomic E-state index is 12.4. The summed E-state index contributed by atoms with van der Waals surface area (Å²) in [4.78, 5) is 32.5. The zero-order valence-corrected chi connectivity index (χ0v) is 89.9. The molecule has 136 heavy (non-hydrogen) atoms. The van der Waals surface area contributed by atoms with Gasteiger partial charge < -0.3 is 36.0 Å². The average Bonchev–Trinajstić information content (AvgIpc) is 0.766. The molecule has 0 aliphatic heterocycles. The second-order valence-electron chi connectivity index (χ2n) is 27.6. The number of hydrogen-bond donors (Lipinski definition) is 13. The minimum absolute atomic E-state index is 0. The number of aldehydes is 3. The molecule has 9 aromatic rings. The molecule has 52 heteroatoms. The van der Waals surface area contributed by atoms with Crippen molar-refractivity contribution in [2.45, 2.75) is 118 Å². The van der Waals surface area contributed by atoms with Crippen LogP contribution in [0.25, 0.3) is 5.57 Å². The van der Waals surface area contributed by atoms with Crippen LogP contribution in [0.3, 0.4) is 0 Å². The molecule has 10 rings (SSSR count). The third-order valence-electron chi connectivity index (χ3n) is 19.4. The SMILES string of the molecule is CCN(CC)c1ccc(C(=C2C=CC(=[N+](CC)CC)C=C2)c2cc(S(=O)(=O)O)ccc2S(=O)(=O)O)cc1.CCN(CC)c1ccc(C(c2ccc(N(CC)CC)cc2)c2cc(S(=O)(=O)O)ccc2S(=O)(=O)O)cc1.N.N=C(N)CC(O)c1cc(S(=O)(=O)O)ccc1S(=O)(=O)O.O=Cc1cc(S(=O)(=O)O)ccc1Cl.O=Cc1cc(S(=O)(=O)O)ccc1S(=O)(=O)O.O=Cc1ccccc1Cl.[H-].[H-].[H-].[Na+].[Na+].[Na+]. The summed E-state index contributed by atoms with van der Waals surface area (Å²) < 4.78 is 291. The predicted molar refractivity (Wildman–Crippen MR) is 505 cm³/mol. The Kier molecular flexibility index (Phi) is 51.2. The number of hydrogen-bond acceptors (Lipinski definition) is 27. The molecule has 0 aromatic heterocycles. The molecule has 1 aliphatic carbocycles. The molecule has 0 heterocycles. The van der Waals surface area contributed by atoms with Crippen molar-refractivity contribution >= 4 is 167 Å². The van der Waals surface area contributed by atoms with Gasteiger partial charge in [0, 0.05) is 109 Å². The van der Waals surface area contributed by atoms with Gasteiger partial charge in [-0.3, -0.25) is 60.8 Å². The van der Waals surface area contributed by atoms with E-state index in [-0.39, 0.29) is 132 Å². The zero-order valence-electron chi connectivity index (χ0n) is 78.0. The average molecular weight is 2130 g/mol. The van der Waals surface area contributed by atoms with Gasteiger partial charge in [-0.05, 0) is 234 Å². The fourth-order valence-corrected chi connectivity index (χ4v) is 18.6. The fourth-order valence-electron chi connectivity index (χ4n) is 12.9. The molecule has 1 aliphatic rings. The van der Waals surface area contributed by atoms with Crippen LogP contribution >= 0.6 is 23.2 Å². The molecule has 0 radical (unpaired) electrons. The number of nitrogens with zero attached hydrogens (tertiary/aromatic N) is 4. The van der Waals surface area contributed by atoms with Gasteiger partial charge >= 0.3 is 88.7 Å². The molecule has 38 nitrogen and oxygen atoms in total. The summed E-state index contributed by atoms with van der Waals surface area (Å²) in [6.45, 7) is 22.9. The molecule has 0 saturated heterocycles. The minimum atomic E-state index is -4.73. The van der Waals surface area contributed by atoms with E-state index >= 15 is 0 Å². The van der Waals surface area contributed by atoms with Crippen LogP contribution in [0.5, 0.6) is 0 Å². The monoisotopic (exact) mass is 2130 g/mol. The number of halogens is 2. The molecule has 0 saturated carbocycles. The van der Waals surface area contributed by atoms with Gasteiger partial charge in [-0.15, -0.1) is 0 Å². The van der Waals surface area contributed by atoms with Crippen LogP contribution in [0.15, 0.2) is 262 Å². The number of carbonyl (C=O) groups is 3. The van der Waals surface area contributed by atoms with E-state index < -0.39 is 166 Å². The number of aliphatic hydroxyl groups is 1. The first-order valence-corrected chi connectivity index (χ1v) is 52.5. The summed E-state index contributed by atoms with van der Waals surface area (Å²) in [7, 11) is -41.5. The Morgan fingerprint density at radius 3 is 1.02 bits per heavy atom. The van der Waals surface area contributed by atoms with E-state index in [1.807, 2.05) is 125 Å². The molecule has 0 amide bonds. The number of aliphatic hydroxyl groups excluding tert-OH is 1. The molecule has 1 unspecified atom stereocenters. The van der Waals surface area contributed by atoms with Crippen LogP contribution < -0.4 is 115 Å².